The van der Waals surface area contributed by atoms with Crippen LogP contribution < -0.4 is 16.0 Å². The molecule has 0 spiro atoms. The lowest BCUT2D eigenvalue weighted by Gasteiger charge is -2.12. The van der Waals surface area contributed by atoms with Crippen LogP contribution in [0.2, 0.25) is 0 Å². The second kappa shape index (κ2) is 46.5. The third-order valence-electron chi connectivity index (χ3n) is 10.1. The molecule has 0 aliphatic rings. The number of carboxylic acids is 3. The molecular weight excluding hydrogens is 819 g/mol. The first-order valence-electron chi connectivity index (χ1n) is 23.6. The summed E-state index contributed by atoms with van der Waals surface area (Å²) in [5.41, 5.74) is 0. The number of carbonyl (C=O) groups is 7. The summed E-state index contributed by atoms with van der Waals surface area (Å²) >= 11 is 0. The van der Waals surface area contributed by atoms with Crippen molar-refractivity contribution in [3.05, 3.63) is 0 Å². The summed E-state index contributed by atoms with van der Waals surface area (Å²) in [6, 6.07) is -0.549. The second-order valence-electron chi connectivity index (χ2n) is 15.7. The maximum Gasteiger partial charge on any atom is 0.320 e. The molecular formula is C46H85N3O14. The Morgan fingerprint density at radius 3 is 1.54 bits per heavy atom. The number of hydrogen-bond acceptors (Lipinski definition) is 12. The van der Waals surface area contributed by atoms with Gasteiger partial charge in [0.05, 0.1) is 25.7 Å². The summed E-state index contributed by atoms with van der Waals surface area (Å²) < 4.78 is 20.7. The molecule has 0 bridgehead atoms. The molecule has 0 aliphatic carbocycles. The molecule has 0 heterocycles. The van der Waals surface area contributed by atoms with E-state index in [9.17, 15) is 38.7 Å². The number of aliphatic carboxylic acids is 3. The van der Waals surface area contributed by atoms with Crippen molar-refractivity contribution in [2.45, 2.75) is 174 Å². The zero-order valence-corrected chi connectivity index (χ0v) is 39.0. The minimum atomic E-state index is -1.01. The molecule has 0 aromatic heterocycles. The van der Waals surface area contributed by atoms with E-state index in [4.69, 9.17) is 29.2 Å². The van der Waals surface area contributed by atoms with Crippen molar-refractivity contribution in [2.24, 2.45) is 5.92 Å². The number of carbonyl (C=O) groups excluding carboxylic acids is 4. The van der Waals surface area contributed by atoms with Crippen molar-refractivity contribution in [3.63, 3.8) is 0 Å². The molecule has 2 amide bonds. The summed E-state index contributed by atoms with van der Waals surface area (Å²) in [6.07, 6.45) is 19.7. The van der Waals surface area contributed by atoms with Gasteiger partial charge in [-0.05, 0) is 65.8 Å². The van der Waals surface area contributed by atoms with Gasteiger partial charge in [0.2, 0.25) is 11.8 Å². The summed E-state index contributed by atoms with van der Waals surface area (Å²) in [5.74, 6) is -3.75. The Labute approximate surface area is 377 Å². The topological polar surface area (TPSA) is 253 Å². The van der Waals surface area contributed by atoms with E-state index in [0.29, 0.717) is 97.7 Å². The zero-order chi connectivity index (χ0) is 47.2. The maximum absolute atomic E-state index is 12.2. The number of ketones is 2. The molecule has 0 aromatic carbocycles. The monoisotopic (exact) mass is 904 g/mol. The van der Waals surface area contributed by atoms with Gasteiger partial charge in [-0.3, -0.25) is 33.6 Å². The van der Waals surface area contributed by atoms with Crippen LogP contribution in [0.5, 0.6) is 0 Å². The van der Waals surface area contributed by atoms with Gasteiger partial charge in [-0.25, -0.2) is 0 Å². The molecule has 6 N–H and O–H groups in total. The first kappa shape index (κ1) is 61.6. The summed E-state index contributed by atoms with van der Waals surface area (Å²) in [6.45, 7) is 7.44. The summed E-state index contributed by atoms with van der Waals surface area (Å²) in [7, 11) is 1.61. The van der Waals surface area contributed by atoms with Crippen molar-refractivity contribution in [2.75, 3.05) is 73.0 Å². The molecule has 0 radical (unpaired) electrons. The number of ether oxygens (including phenoxy) is 4. The summed E-state index contributed by atoms with van der Waals surface area (Å²) in [4.78, 5) is 79.6. The third-order valence-corrected chi connectivity index (χ3v) is 10.1. The van der Waals surface area contributed by atoms with Gasteiger partial charge in [0.25, 0.3) is 0 Å². The Morgan fingerprint density at radius 2 is 1.00 bits per heavy atom. The Hall–Kier alpha value is -3.51. The molecule has 0 rings (SSSR count). The standard InChI is InChI=1S/C28H51NO7.C18H34N2O7/c1-2-36-22-21-29-26(31)20-19-24(28(34)35)23-25(30)17-15-13-11-9-7-5-3-4-6-8-10-12-14-16-18-27(32)33;1-3-25-13-15(21)7-6-10-26-11-12-27-14-17(22)20-9-5-4-8-16(19-2)18(23)24/h24H,2-23H2,1H3,(H,29,31)(H,32,33)(H,34,35);16,19H,3-14H2,1-2H3,(H,20,22)(H,23,24)/t24-;16-/m10/s1. The van der Waals surface area contributed by atoms with Crippen molar-refractivity contribution < 1.29 is 67.8 Å². The van der Waals surface area contributed by atoms with Crippen molar-refractivity contribution >= 4 is 41.3 Å². The van der Waals surface area contributed by atoms with Gasteiger partial charge in [-0.15, -0.1) is 0 Å². The van der Waals surface area contributed by atoms with Gasteiger partial charge in [-0.1, -0.05) is 77.0 Å². The fourth-order valence-corrected chi connectivity index (χ4v) is 6.40. The van der Waals surface area contributed by atoms with Crippen LogP contribution >= 0.6 is 0 Å². The van der Waals surface area contributed by atoms with E-state index in [1.54, 1.807) is 7.05 Å². The fraction of sp³-hybridized carbons (Fsp3) is 0.848. The molecule has 0 unspecified atom stereocenters. The molecule has 17 nitrogen and oxygen atoms in total. The van der Waals surface area contributed by atoms with E-state index in [1.807, 2.05) is 13.8 Å². The first-order valence-corrected chi connectivity index (χ1v) is 23.6. The first-order chi connectivity index (χ1) is 30.4. The highest BCUT2D eigenvalue weighted by Crippen LogP contribution is 2.17. The number of hydrogen-bond donors (Lipinski definition) is 6. The van der Waals surface area contributed by atoms with Crippen LogP contribution in [0, 0.1) is 5.92 Å². The highest BCUT2D eigenvalue weighted by atomic mass is 16.5. The van der Waals surface area contributed by atoms with Gasteiger partial charge in [-0.2, -0.15) is 0 Å². The minimum absolute atomic E-state index is 0.00386. The SMILES string of the molecule is CCOCC(=O)CCCOCCOCC(=O)NCCCC[C@H](NC)C(=O)O.CCOCCNC(=O)CC[C@H](CC(=O)CCCCCCCCCCCCCCCCC(=O)O)C(=O)O. The van der Waals surface area contributed by atoms with Crippen LogP contribution in [0.3, 0.4) is 0 Å². The van der Waals surface area contributed by atoms with E-state index in [2.05, 4.69) is 16.0 Å². The lowest BCUT2D eigenvalue weighted by Crippen LogP contribution is -2.34. The molecule has 0 saturated heterocycles. The molecule has 63 heavy (non-hydrogen) atoms. The zero-order valence-electron chi connectivity index (χ0n) is 39.0. The van der Waals surface area contributed by atoms with Gasteiger partial charge < -0.3 is 50.2 Å². The van der Waals surface area contributed by atoms with Crippen LogP contribution in [0.1, 0.15) is 168 Å². The highest BCUT2D eigenvalue weighted by molar-refractivity contribution is 5.84. The molecule has 0 saturated carbocycles. The Bertz CT molecular complexity index is 1190. The number of amides is 2. The van der Waals surface area contributed by atoms with E-state index in [-0.39, 0.29) is 55.9 Å². The van der Waals surface area contributed by atoms with Gasteiger partial charge in [0, 0.05) is 65.0 Å². The van der Waals surface area contributed by atoms with Crippen LogP contribution in [0.25, 0.3) is 0 Å². The number of nitrogens with one attached hydrogen (secondary N) is 3. The second-order valence-corrected chi connectivity index (χ2v) is 15.7. The molecule has 0 aromatic rings. The Morgan fingerprint density at radius 1 is 0.460 bits per heavy atom. The van der Waals surface area contributed by atoms with Crippen molar-refractivity contribution in [1.82, 2.24) is 16.0 Å². The maximum atomic E-state index is 12.2. The number of carboxylic acid groups (broad SMARTS) is 3. The predicted molar refractivity (Wildman–Crippen MR) is 241 cm³/mol. The molecule has 17 heteroatoms. The van der Waals surface area contributed by atoms with E-state index >= 15 is 0 Å². The van der Waals surface area contributed by atoms with Crippen LogP contribution in [0.4, 0.5) is 0 Å². The van der Waals surface area contributed by atoms with E-state index in [1.165, 1.54) is 51.4 Å². The van der Waals surface area contributed by atoms with Crippen LogP contribution in [-0.4, -0.2) is 136 Å². The van der Waals surface area contributed by atoms with Gasteiger partial charge in [0.1, 0.15) is 25.0 Å². The van der Waals surface area contributed by atoms with E-state index in [0.717, 1.165) is 38.5 Å². The fourth-order valence-electron chi connectivity index (χ4n) is 6.40. The Kier molecular flexibility index (Phi) is 45.4. The number of rotatable bonds is 46. The predicted octanol–water partition coefficient (Wildman–Crippen LogP) is 6.27. The number of likely N-dealkylation sites (N-methyl/N-ethyl adjacent to an activating group) is 1. The summed E-state index contributed by atoms with van der Waals surface area (Å²) in [5, 5.41) is 35.0. The molecule has 0 fully saturated rings. The van der Waals surface area contributed by atoms with Crippen molar-refractivity contribution in [3.8, 4) is 0 Å². The molecule has 0 aliphatic heterocycles. The normalized spacial score (nSPS) is 11.9. The molecule has 2 atom stereocenters. The number of Topliss-reactive ketones (excluding diaryl/α,β-unsaturated/α-hetero) is 2. The lowest BCUT2D eigenvalue weighted by atomic mass is 9.94. The lowest BCUT2D eigenvalue weighted by molar-refractivity contribution is -0.144. The van der Waals surface area contributed by atoms with E-state index < -0.39 is 29.9 Å². The van der Waals surface area contributed by atoms with Gasteiger partial charge in [0.15, 0.2) is 5.78 Å². The minimum Gasteiger partial charge on any atom is -0.481 e. The smallest absolute Gasteiger partial charge is 0.320 e. The van der Waals surface area contributed by atoms with Crippen LogP contribution in [-0.2, 0) is 52.5 Å². The van der Waals surface area contributed by atoms with Crippen LogP contribution in [0.15, 0.2) is 0 Å². The average molecular weight is 904 g/mol. The Balaban J connectivity index is 0. The highest BCUT2D eigenvalue weighted by Gasteiger charge is 2.22. The van der Waals surface area contributed by atoms with Gasteiger partial charge >= 0.3 is 17.9 Å². The van der Waals surface area contributed by atoms with Crippen molar-refractivity contribution in [1.29, 1.82) is 0 Å². The molecule has 368 valence electrons. The largest absolute Gasteiger partial charge is 0.481 e. The number of unbranched alkanes of at least 4 members (excludes halogenated alkanes) is 14. The quantitative estimate of drug-likeness (QED) is 0.0368. The average Bonchev–Trinajstić information content (AvgIpc) is 3.24. The third kappa shape index (κ3) is 46.3.